The third kappa shape index (κ3) is 3.27. The highest BCUT2D eigenvalue weighted by molar-refractivity contribution is 5.96. The van der Waals surface area contributed by atoms with E-state index in [9.17, 15) is 15.0 Å². The molecule has 17 heavy (non-hydrogen) atoms. The molecule has 92 valence electrons. The molecule has 0 saturated carbocycles. The Morgan fingerprint density at radius 1 is 1.29 bits per heavy atom. The summed E-state index contributed by atoms with van der Waals surface area (Å²) in [5.74, 6) is -0.928. The molecule has 1 amide bonds. The number of nitrogens with one attached hydrogen (secondary N) is 1. The van der Waals surface area contributed by atoms with E-state index in [1.54, 1.807) is 18.2 Å². The normalized spacial score (nSPS) is 14.0. The number of amides is 1. The van der Waals surface area contributed by atoms with E-state index in [-0.39, 0.29) is 12.3 Å². The van der Waals surface area contributed by atoms with Crippen LogP contribution in [0.25, 0.3) is 0 Å². The number of hydrogen-bond acceptors (Lipinski definition) is 4. The lowest BCUT2D eigenvalue weighted by atomic mass is 9.96. The zero-order valence-corrected chi connectivity index (χ0v) is 9.13. The standard InChI is InChI=1S/C11H15N3O3/c12-9(16)5-8(15)10(17)6-3-1-2-4-7(6)11(13)14/h1-4,8,10,15,17H,5H2,(H2,12,16)(H3,13,14). The molecule has 7 N–H and O–H groups in total. The molecule has 1 rings (SSSR count). The highest BCUT2D eigenvalue weighted by Gasteiger charge is 2.23. The van der Waals surface area contributed by atoms with Crippen molar-refractivity contribution in [2.75, 3.05) is 0 Å². The number of amidine groups is 1. The molecule has 0 aliphatic heterocycles. The zero-order chi connectivity index (χ0) is 13.0. The number of nitrogen functional groups attached to an aromatic ring is 1. The fourth-order valence-electron chi connectivity index (χ4n) is 1.53. The monoisotopic (exact) mass is 237 g/mol. The van der Waals surface area contributed by atoms with Crippen LogP contribution >= 0.6 is 0 Å². The van der Waals surface area contributed by atoms with Crippen LogP contribution in [0.3, 0.4) is 0 Å². The molecular formula is C11H15N3O3. The molecule has 0 radical (unpaired) electrons. The van der Waals surface area contributed by atoms with E-state index in [0.29, 0.717) is 11.1 Å². The third-order valence-electron chi connectivity index (χ3n) is 2.34. The number of primary amides is 1. The number of benzene rings is 1. The van der Waals surface area contributed by atoms with Gasteiger partial charge < -0.3 is 21.7 Å². The summed E-state index contributed by atoms with van der Waals surface area (Å²) < 4.78 is 0. The summed E-state index contributed by atoms with van der Waals surface area (Å²) in [6, 6.07) is 6.39. The van der Waals surface area contributed by atoms with Gasteiger partial charge in [-0.25, -0.2) is 0 Å². The Balaban J connectivity index is 2.99. The van der Waals surface area contributed by atoms with E-state index in [1.165, 1.54) is 6.07 Å². The molecule has 6 nitrogen and oxygen atoms in total. The highest BCUT2D eigenvalue weighted by atomic mass is 16.3. The molecule has 0 fully saturated rings. The van der Waals surface area contributed by atoms with Crippen LogP contribution < -0.4 is 11.5 Å². The predicted octanol–water partition coefficient (Wildman–Crippen LogP) is -0.760. The fraction of sp³-hybridized carbons (Fsp3) is 0.273. The lowest BCUT2D eigenvalue weighted by molar-refractivity contribution is -0.121. The summed E-state index contributed by atoms with van der Waals surface area (Å²) in [6.07, 6.45) is -2.97. The smallest absolute Gasteiger partial charge is 0.220 e. The van der Waals surface area contributed by atoms with Crippen molar-refractivity contribution in [3.8, 4) is 0 Å². The predicted molar refractivity (Wildman–Crippen MR) is 62.2 cm³/mol. The fourth-order valence-corrected chi connectivity index (χ4v) is 1.53. The van der Waals surface area contributed by atoms with Crippen molar-refractivity contribution in [2.24, 2.45) is 11.5 Å². The third-order valence-corrected chi connectivity index (χ3v) is 2.34. The van der Waals surface area contributed by atoms with Gasteiger partial charge in [0.2, 0.25) is 5.91 Å². The van der Waals surface area contributed by atoms with Crippen molar-refractivity contribution in [3.05, 3.63) is 35.4 Å². The molecule has 1 aromatic carbocycles. The van der Waals surface area contributed by atoms with Crippen molar-refractivity contribution in [2.45, 2.75) is 18.6 Å². The molecule has 0 saturated heterocycles. The Hall–Kier alpha value is -1.92. The second kappa shape index (κ2) is 5.42. The van der Waals surface area contributed by atoms with Gasteiger partial charge in [0, 0.05) is 5.56 Å². The molecular weight excluding hydrogens is 222 g/mol. The van der Waals surface area contributed by atoms with Crippen LogP contribution in [0, 0.1) is 5.41 Å². The first-order valence-electron chi connectivity index (χ1n) is 5.01. The van der Waals surface area contributed by atoms with Crippen molar-refractivity contribution in [1.29, 1.82) is 5.41 Å². The maximum absolute atomic E-state index is 10.6. The van der Waals surface area contributed by atoms with Crippen molar-refractivity contribution in [3.63, 3.8) is 0 Å². The lowest BCUT2D eigenvalue weighted by Gasteiger charge is -2.19. The van der Waals surface area contributed by atoms with Crippen LogP contribution in [-0.4, -0.2) is 28.1 Å². The average Bonchev–Trinajstić information content (AvgIpc) is 2.27. The first kappa shape index (κ1) is 13.1. The van der Waals surface area contributed by atoms with Crippen LogP contribution in [0.2, 0.25) is 0 Å². The Bertz CT molecular complexity index is 434. The van der Waals surface area contributed by atoms with E-state index < -0.39 is 18.1 Å². The Morgan fingerprint density at radius 3 is 2.41 bits per heavy atom. The molecule has 0 aromatic heterocycles. The van der Waals surface area contributed by atoms with Crippen molar-refractivity contribution in [1.82, 2.24) is 0 Å². The summed E-state index contributed by atoms with van der Waals surface area (Å²) in [5.41, 5.74) is 10.9. The summed E-state index contributed by atoms with van der Waals surface area (Å²) in [7, 11) is 0. The number of aliphatic hydroxyl groups is 2. The average molecular weight is 237 g/mol. The lowest BCUT2D eigenvalue weighted by Crippen LogP contribution is -2.27. The molecule has 0 heterocycles. The van der Waals surface area contributed by atoms with E-state index >= 15 is 0 Å². The quantitative estimate of drug-likeness (QED) is 0.340. The van der Waals surface area contributed by atoms with Gasteiger partial charge in [-0.1, -0.05) is 24.3 Å². The van der Waals surface area contributed by atoms with Gasteiger partial charge in [0.05, 0.1) is 12.5 Å². The van der Waals surface area contributed by atoms with Gasteiger partial charge >= 0.3 is 0 Å². The largest absolute Gasteiger partial charge is 0.390 e. The highest BCUT2D eigenvalue weighted by Crippen LogP contribution is 2.22. The van der Waals surface area contributed by atoms with Crippen LogP contribution in [-0.2, 0) is 4.79 Å². The Kier molecular flexibility index (Phi) is 4.19. The topological polar surface area (TPSA) is 133 Å². The van der Waals surface area contributed by atoms with Crippen LogP contribution in [0.5, 0.6) is 0 Å². The van der Waals surface area contributed by atoms with E-state index in [1.807, 2.05) is 0 Å². The number of aliphatic hydroxyl groups excluding tert-OH is 2. The molecule has 0 aliphatic carbocycles. The van der Waals surface area contributed by atoms with Gasteiger partial charge in [0.1, 0.15) is 11.9 Å². The minimum atomic E-state index is -1.31. The van der Waals surface area contributed by atoms with Gasteiger partial charge in [-0.15, -0.1) is 0 Å². The van der Waals surface area contributed by atoms with E-state index in [0.717, 1.165) is 0 Å². The summed E-state index contributed by atoms with van der Waals surface area (Å²) >= 11 is 0. The SMILES string of the molecule is N=C(N)c1ccccc1C(O)C(O)CC(N)=O. The summed E-state index contributed by atoms with van der Waals surface area (Å²) in [5, 5.41) is 26.8. The van der Waals surface area contributed by atoms with Crippen molar-refractivity contribution < 1.29 is 15.0 Å². The van der Waals surface area contributed by atoms with E-state index in [2.05, 4.69) is 0 Å². The Labute approximate surface area is 98.4 Å². The minimum absolute atomic E-state index is 0.217. The minimum Gasteiger partial charge on any atom is -0.390 e. The van der Waals surface area contributed by atoms with Gasteiger partial charge in [0.15, 0.2) is 0 Å². The number of rotatable bonds is 5. The molecule has 0 aliphatic rings. The Morgan fingerprint density at radius 2 is 1.88 bits per heavy atom. The molecule has 1 aromatic rings. The van der Waals surface area contributed by atoms with E-state index in [4.69, 9.17) is 16.9 Å². The summed E-state index contributed by atoms with van der Waals surface area (Å²) in [4.78, 5) is 10.6. The maximum atomic E-state index is 10.6. The molecule has 2 unspecified atom stereocenters. The summed E-state index contributed by atoms with van der Waals surface area (Å²) in [6.45, 7) is 0. The zero-order valence-electron chi connectivity index (χ0n) is 9.13. The second-order valence-corrected chi connectivity index (χ2v) is 3.68. The first-order valence-corrected chi connectivity index (χ1v) is 5.01. The van der Waals surface area contributed by atoms with Gasteiger partial charge in [-0.3, -0.25) is 10.2 Å². The number of nitrogens with two attached hydrogens (primary N) is 2. The van der Waals surface area contributed by atoms with Crippen molar-refractivity contribution >= 4 is 11.7 Å². The van der Waals surface area contributed by atoms with Crippen LogP contribution in [0.4, 0.5) is 0 Å². The number of carbonyl (C=O) groups is 1. The van der Waals surface area contributed by atoms with Crippen LogP contribution in [0.15, 0.2) is 24.3 Å². The van der Waals surface area contributed by atoms with Gasteiger partial charge in [0.25, 0.3) is 0 Å². The van der Waals surface area contributed by atoms with Gasteiger partial charge in [-0.2, -0.15) is 0 Å². The number of hydrogen-bond donors (Lipinski definition) is 5. The molecule has 0 bridgehead atoms. The van der Waals surface area contributed by atoms with Gasteiger partial charge in [-0.05, 0) is 5.56 Å². The molecule has 2 atom stereocenters. The first-order chi connectivity index (χ1) is 7.93. The molecule has 0 spiro atoms. The number of carbonyl (C=O) groups excluding carboxylic acids is 1. The molecule has 6 heteroatoms. The second-order valence-electron chi connectivity index (χ2n) is 3.68. The maximum Gasteiger partial charge on any atom is 0.220 e. The van der Waals surface area contributed by atoms with Crippen LogP contribution in [0.1, 0.15) is 23.7 Å².